The molecule has 0 aliphatic carbocycles. The van der Waals surface area contributed by atoms with Crippen LogP contribution in [-0.2, 0) is 0 Å². The summed E-state index contributed by atoms with van der Waals surface area (Å²) in [4.78, 5) is 9.75. The van der Waals surface area contributed by atoms with Crippen LogP contribution in [0.1, 0.15) is 52.9 Å². The standard InChI is InChI=1S/C17H36N4/c1-5-8-12-20(4)17(18-7-3)19-15-16-9-13-21(11-6-2)14-10-16/h16H,5-15H2,1-4H3,(H,18,19). The highest BCUT2D eigenvalue weighted by atomic mass is 15.3. The molecule has 0 bridgehead atoms. The maximum absolute atomic E-state index is 4.87. The molecule has 0 radical (unpaired) electrons. The van der Waals surface area contributed by atoms with Gasteiger partial charge in [-0.2, -0.15) is 0 Å². The molecule has 1 aliphatic rings. The van der Waals surface area contributed by atoms with Gasteiger partial charge >= 0.3 is 0 Å². The third-order valence-corrected chi connectivity index (χ3v) is 4.29. The minimum Gasteiger partial charge on any atom is -0.357 e. The fourth-order valence-electron chi connectivity index (χ4n) is 2.90. The van der Waals surface area contributed by atoms with Crippen LogP contribution in [0.25, 0.3) is 0 Å². The van der Waals surface area contributed by atoms with E-state index in [0.717, 1.165) is 31.5 Å². The monoisotopic (exact) mass is 296 g/mol. The van der Waals surface area contributed by atoms with Gasteiger partial charge in [-0.25, -0.2) is 0 Å². The Morgan fingerprint density at radius 1 is 1.19 bits per heavy atom. The molecule has 4 nitrogen and oxygen atoms in total. The van der Waals surface area contributed by atoms with E-state index >= 15 is 0 Å². The van der Waals surface area contributed by atoms with Gasteiger partial charge in [-0.1, -0.05) is 20.3 Å². The van der Waals surface area contributed by atoms with Crippen molar-refractivity contribution in [2.45, 2.75) is 52.9 Å². The van der Waals surface area contributed by atoms with Crippen LogP contribution in [0.5, 0.6) is 0 Å². The van der Waals surface area contributed by atoms with Crippen LogP contribution in [-0.4, -0.2) is 62.1 Å². The van der Waals surface area contributed by atoms with Crippen molar-refractivity contribution in [1.29, 1.82) is 0 Å². The molecule has 4 heteroatoms. The van der Waals surface area contributed by atoms with Gasteiger partial charge in [0, 0.05) is 26.7 Å². The lowest BCUT2D eigenvalue weighted by molar-refractivity contribution is 0.188. The van der Waals surface area contributed by atoms with Crippen LogP contribution >= 0.6 is 0 Å². The summed E-state index contributed by atoms with van der Waals surface area (Å²) in [7, 11) is 2.15. The number of unbranched alkanes of at least 4 members (excludes halogenated alkanes) is 1. The molecule has 0 aromatic rings. The number of hydrogen-bond acceptors (Lipinski definition) is 2. The topological polar surface area (TPSA) is 30.9 Å². The van der Waals surface area contributed by atoms with Crippen molar-refractivity contribution >= 4 is 5.96 Å². The van der Waals surface area contributed by atoms with Crippen molar-refractivity contribution in [1.82, 2.24) is 15.1 Å². The first-order valence-corrected chi connectivity index (χ1v) is 8.93. The summed E-state index contributed by atoms with van der Waals surface area (Å²) in [5, 5.41) is 3.43. The van der Waals surface area contributed by atoms with Gasteiger partial charge in [0.25, 0.3) is 0 Å². The van der Waals surface area contributed by atoms with Gasteiger partial charge in [0.1, 0.15) is 0 Å². The van der Waals surface area contributed by atoms with Crippen LogP contribution in [0.2, 0.25) is 0 Å². The van der Waals surface area contributed by atoms with Gasteiger partial charge in [-0.3, -0.25) is 4.99 Å². The summed E-state index contributed by atoms with van der Waals surface area (Å²) in [6.07, 6.45) is 6.36. The molecule has 1 rings (SSSR count). The highest BCUT2D eigenvalue weighted by Crippen LogP contribution is 2.17. The maximum atomic E-state index is 4.87. The second-order valence-corrected chi connectivity index (χ2v) is 6.25. The third kappa shape index (κ3) is 7.16. The number of hydrogen-bond donors (Lipinski definition) is 1. The number of nitrogens with one attached hydrogen (secondary N) is 1. The molecule has 0 unspecified atom stereocenters. The van der Waals surface area contributed by atoms with Crippen molar-refractivity contribution in [3.05, 3.63) is 0 Å². The molecular weight excluding hydrogens is 260 g/mol. The molecule has 0 saturated carbocycles. The quantitative estimate of drug-likeness (QED) is 0.552. The molecule has 1 saturated heterocycles. The molecule has 0 atom stereocenters. The smallest absolute Gasteiger partial charge is 0.193 e. The Morgan fingerprint density at radius 3 is 2.48 bits per heavy atom. The van der Waals surface area contributed by atoms with E-state index < -0.39 is 0 Å². The van der Waals surface area contributed by atoms with E-state index in [0.29, 0.717) is 0 Å². The first kappa shape index (κ1) is 18.3. The Hall–Kier alpha value is -0.770. The molecule has 1 N–H and O–H groups in total. The number of aliphatic imine (C=N–C) groups is 1. The summed E-state index contributed by atoms with van der Waals surface area (Å²) in [5.41, 5.74) is 0. The van der Waals surface area contributed by atoms with Gasteiger partial charge in [0.05, 0.1) is 0 Å². The van der Waals surface area contributed by atoms with Gasteiger partial charge in [-0.05, 0) is 58.2 Å². The molecule has 1 aliphatic heterocycles. The molecular formula is C17H36N4. The molecule has 21 heavy (non-hydrogen) atoms. The molecule has 0 aromatic heterocycles. The second kappa shape index (κ2) is 10.9. The lowest BCUT2D eigenvalue weighted by Gasteiger charge is -2.31. The molecule has 0 amide bonds. The maximum Gasteiger partial charge on any atom is 0.193 e. The molecule has 124 valence electrons. The summed E-state index contributed by atoms with van der Waals surface area (Å²) in [6.45, 7) is 13.5. The number of piperidine rings is 1. The molecule has 1 heterocycles. The van der Waals surface area contributed by atoms with Gasteiger partial charge in [-0.15, -0.1) is 0 Å². The predicted molar refractivity (Wildman–Crippen MR) is 93.0 cm³/mol. The highest BCUT2D eigenvalue weighted by Gasteiger charge is 2.18. The normalized spacial score (nSPS) is 18.0. The van der Waals surface area contributed by atoms with Crippen LogP contribution in [0, 0.1) is 5.92 Å². The van der Waals surface area contributed by atoms with E-state index in [9.17, 15) is 0 Å². The van der Waals surface area contributed by atoms with Gasteiger partial charge in [0.2, 0.25) is 0 Å². The first-order chi connectivity index (χ1) is 10.2. The van der Waals surface area contributed by atoms with Crippen molar-refractivity contribution < 1.29 is 0 Å². The largest absolute Gasteiger partial charge is 0.357 e. The fourth-order valence-corrected chi connectivity index (χ4v) is 2.90. The zero-order valence-corrected chi connectivity index (χ0v) is 14.7. The first-order valence-electron chi connectivity index (χ1n) is 8.93. The third-order valence-electron chi connectivity index (χ3n) is 4.29. The van der Waals surface area contributed by atoms with Crippen molar-refractivity contribution in [2.75, 3.05) is 46.3 Å². The molecule has 0 aromatic carbocycles. The summed E-state index contributed by atoms with van der Waals surface area (Å²) in [5.74, 6) is 1.85. The Labute approximate surface area is 132 Å². The lowest BCUT2D eigenvalue weighted by Crippen LogP contribution is -2.40. The number of rotatable bonds is 8. The number of likely N-dealkylation sites (tertiary alicyclic amines) is 1. The Balaban J connectivity index is 2.39. The predicted octanol–water partition coefficient (Wildman–Crippen LogP) is 2.81. The average molecular weight is 297 g/mol. The second-order valence-electron chi connectivity index (χ2n) is 6.25. The van der Waals surface area contributed by atoms with Crippen LogP contribution < -0.4 is 5.32 Å². The van der Waals surface area contributed by atoms with Gasteiger partial charge < -0.3 is 15.1 Å². The van der Waals surface area contributed by atoms with Crippen LogP contribution in [0.15, 0.2) is 4.99 Å². The van der Waals surface area contributed by atoms with E-state index in [1.807, 2.05) is 0 Å². The number of nitrogens with zero attached hydrogens (tertiary/aromatic N) is 3. The Kier molecular flexibility index (Phi) is 9.48. The Morgan fingerprint density at radius 2 is 1.90 bits per heavy atom. The van der Waals surface area contributed by atoms with Crippen LogP contribution in [0.3, 0.4) is 0 Å². The van der Waals surface area contributed by atoms with E-state index in [-0.39, 0.29) is 0 Å². The fraction of sp³-hybridized carbons (Fsp3) is 0.941. The summed E-state index contributed by atoms with van der Waals surface area (Å²) in [6, 6.07) is 0. The highest BCUT2D eigenvalue weighted by molar-refractivity contribution is 5.79. The minimum atomic E-state index is 0.770. The molecule has 1 fully saturated rings. The molecule has 0 spiro atoms. The SMILES string of the molecule is CCCCN(C)C(=NCC1CCN(CCC)CC1)NCC. The Bertz CT molecular complexity index is 283. The zero-order valence-electron chi connectivity index (χ0n) is 14.7. The van der Waals surface area contributed by atoms with Crippen molar-refractivity contribution in [3.63, 3.8) is 0 Å². The van der Waals surface area contributed by atoms with E-state index in [1.54, 1.807) is 0 Å². The van der Waals surface area contributed by atoms with E-state index in [4.69, 9.17) is 4.99 Å². The van der Waals surface area contributed by atoms with E-state index in [1.165, 1.54) is 51.7 Å². The zero-order chi connectivity index (χ0) is 15.5. The van der Waals surface area contributed by atoms with Crippen molar-refractivity contribution in [2.24, 2.45) is 10.9 Å². The summed E-state index contributed by atoms with van der Waals surface area (Å²) >= 11 is 0. The van der Waals surface area contributed by atoms with Gasteiger partial charge in [0.15, 0.2) is 5.96 Å². The van der Waals surface area contributed by atoms with E-state index in [2.05, 4.69) is 42.9 Å². The van der Waals surface area contributed by atoms with Crippen molar-refractivity contribution in [3.8, 4) is 0 Å². The lowest BCUT2D eigenvalue weighted by atomic mass is 9.97. The average Bonchev–Trinajstić information content (AvgIpc) is 2.50. The minimum absolute atomic E-state index is 0.770. The van der Waals surface area contributed by atoms with Crippen LogP contribution in [0.4, 0.5) is 0 Å². The summed E-state index contributed by atoms with van der Waals surface area (Å²) < 4.78 is 0. The number of guanidine groups is 1.